The number of allylic oxidation sites excluding steroid dienone is 2. The SMILES string of the molecule is CC(C)=CCCCc1ccc(C)cc1O.Cc1ccc(CO)c(C)c1. The minimum absolute atomic E-state index is 0.145. The Labute approximate surface area is 152 Å². The predicted octanol–water partition coefficient (Wildman–Crippen LogP) is 5.79. The fourth-order valence-corrected chi connectivity index (χ4v) is 2.59. The van der Waals surface area contributed by atoms with Gasteiger partial charge in [-0.3, -0.25) is 0 Å². The van der Waals surface area contributed by atoms with E-state index in [0.29, 0.717) is 5.75 Å². The molecule has 0 heterocycles. The van der Waals surface area contributed by atoms with Gasteiger partial charge in [-0.05, 0) is 82.2 Å². The van der Waals surface area contributed by atoms with E-state index in [0.717, 1.165) is 36.0 Å². The van der Waals surface area contributed by atoms with Crippen LogP contribution in [0.1, 0.15) is 54.5 Å². The number of aliphatic hydroxyl groups is 1. The molecule has 0 saturated heterocycles. The van der Waals surface area contributed by atoms with Crippen molar-refractivity contribution in [2.24, 2.45) is 0 Å². The molecular weight excluding hydrogens is 308 g/mol. The maximum atomic E-state index is 9.68. The second-order valence-electron chi connectivity index (χ2n) is 6.89. The lowest BCUT2D eigenvalue weighted by molar-refractivity contribution is 0.281. The van der Waals surface area contributed by atoms with Crippen molar-refractivity contribution in [2.75, 3.05) is 0 Å². The van der Waals surface area contributed by atoms with Crippen molar-refractivity contribution in [1.82, 2.24) is 0 Å². The molecule has 0 atom stereocenters. The first-order valence-electron chi connectivity index (χ1n) is 8.92. The first-order valence-corrected chi connectivity index (χ1v) is 8.92. The van der Waals surface area contributed by atoms with E-state index >= 15 is 0 Å². The van der Waals surface area contributed by atoms with Gasteiger partial charge in [-0.1, -0.05) is 47.5 Å². The number of benzene rings is 2. The highest BCUT2D eigenvalue weighted by Crippen LogP contribution is 2.20. The highest BCUT2D eigenvalue weighted by molar-refractivity contribution is 5.35. The lowest BCUT2D eigenvalue weighted by Gasteiger charge is -2.04. The molecule has 2 aromatic rings. The van der Waals surface area contributed by atoms with Crippen LogP contribution < -0.4 is 0 Å². The Balaban J connectivity index is 0.000000271. The zero-order chi connectivity index (χ0) is 18.8. The van der Waals surface area contributed by atoms with Crippen LogP contribution in [0.3, 0.4) is 0 Å². The second-order valence-corrected chi connectivity index (χ2v) is 6.89. The molecule has 0 unspecified atom stereocenters. The Morgan fingerprint density at radius 1 is 0.920 bits per heavy atom. The average Bonchev–Trinajstić information content (AvgIpc) is 2.54. The van der Waals surface area contributed by atoms with Crippen molar-refractivity contribution in [3.05, 3.63) is 75.9 Å². The molecule has 0 radical (unpaired) electrons. The summed E-state index contributed by atoms with van der Waals surface area (Å²) >= 11 is 0. The highest BCUT2D eigenvalue weighted by Gasteiger charge is 2.00. The van der Waals surface area contributed by atoms with Crippen molar-refractivity contribution in [1.29, 1.82) is 0 Å². The number of hydrogen-bond donors (Lipinski definition) is 2. The monoisotopic (exact) mass is 340 g/mol. The third-order valence-corrected chi connectivity index (χ3v) is 4.11. The molecule has 0 aromatic heterocycles. The van der Waals surface area contributed by atoms with Gasteiger partial charge < -0.3 is 10.2 Å². The Morgan fingerprint density at radius 3 is 2.04 bits per heavy atom. The van der Waals surface area contributed by atoms with Crippen LogP contribution in [0.2, 0.25) is 0 Å². The van der Waals surface area contributed by atoms with E-state index in [2.05, 4.69) is 32.1 Å². The van der Waals surface area contributed by atoms with Gasteiger partial charge in [0.25, 0.3) is 0 Å². The smallest absolute Gasteiger partial charge is 0.119 e. The van der Waals surface area contributed by atoms with Gasteiger partial charge in [0.15, 0.2) is 0 Å². The summed E-state index contributed by atoms with van der Waals surface area (Å²) < 4.78 is 0. The second kappa shape index (κ2) is 10.7. The topological polar surface area (TPSA) is 40.5 Å². The number of rotatable bonds is 5. The number of hydrogen-bond acceptors (Lipinski definition) is 2. The van der Waals surface area contributed by atoms with Gasteiger partial charge in [-0.25, -0.2) is 0 Å². The molecule has 0 aliphatic heterocycles. The molecule has 0 amide bonds. The van der Waals surface area contributed by atoms with E-state index < -0.39 is 0 Å². The summed E-state index contributed by atoms with van der Waals surface area (Å²) in [5, 5.41) is 18.5. The van der Waals surface area contributed by atoms with Gasteiger partial charge in [0.2, 0.25) is 0 Å². The normalized spacial score (nSPS) is 10.0. The largest absolute Gasteiger partial charge is 0.508 e. The number of aliphatic hydroxyl groups excluding tert-OH is 1. The van der Waals surface area contributed by atoms with Crippen LogP contribution in [-0.2, 0) is 13.0 Å². The van der Waals surface area contributed by atoms with Crippen LogP contribution in [0.4, 0.5) is 0 Å². The van der Waals surface area contributed by atoms with Gasteiger partial charge in [0.05, 0.1) is 6.61 Å². The van der Waals surface area contributed by atoms with Crippen molar-refractivity contribution in [2.45, 2.75) is 60.5 Å². The summed E-state index contributed by atoms with van der Waals surface area (Å²) in [5.41, 5.74) is 6.97. The summed E-state index contributed by atoms with van der Waals surface area (Å²) in [6.07, 6.45) is 5.39. The number of unbranched alkanes of at least 4 members (excludes halogenated alkanes) is 1. The van der Waals surface area contributed by atoms with E-state index in [9.17, 15) is 5.11 Å². The van der Waals surface area contributed by atoms with E-state index in [-0.39, 0.29) is 6.61 Å². The Hall–Kier alpha value is -2.06. The van der Waals surface area contributed by atoms with Crippen LogP contribution in [-0.4, -0.2) is 10.2 Å². The Morgan fingerprint density at radius 2 is 1.52 bits per heavy atom. The third-order valence-electron chi connectivity index (χ3n) is 4.11. The minimum atomic E-state index is 0.145. The molecule has 2 N–H and O–H groups in total. The summed E-state index contributed by atoms with van der Waals surface area (Å²) in [7, 11) is 0. The zero-order valence-corrected chi connectivity index (χ0v) is 16.3. The summed E-state index contributed by atoms with van der Waals surface area (Å²) in [6.45, 7) is 10.4. The maximum Gasteiger partial charge on any atom is 0.119 e. The summed E-state index contributed by atoms with van der Waals surface area (Å²) in [4.78, 5) is 0. The molecule has 2 aromatic carbocycles. The molecule has 136 valence electrons. The molecule has 0 bridgehead atoms. The van der Waals surface area contributed by atoms with Crippen LogP contribution >= 0.6 is 0 Å². The molecule has 0 aliphatic rings. The van der Waals surface area contributed by atoms with Crippen LogP contribution in [0, 0.1) is 20.8 Å². The maximum absolute atomic E-state index is 9.68. The number of aryl methyl sites for hydroxylation is 4. The summed E-state index contributed by atoms with van der Waals surface area (Å²) in [6, 6.07) is 12.0. The van der Waals surface area contributed by atoms with Gasteiger partial charge >= 0.3 is 0 Å². The number of phenols is 1. The van der Waals surface area contributed by atoms with Crippen molar-refractivity contribution in [3.8, 4) is 5.75 Å². The predicted molar refractivity (Wildman–Crippen MR) is 107 cm³/mol. The fourth-order valence-electron chi connectivity index (χ4n) is 2.59. The van der Waals surface area contributed by atoms with Crippen LogP contribution in [0.25, 0.3) is 0 Å². The van der Waals surface area contributed by atoms with E-state index in [1.54, 1.807) is 0 Å². The molecule has 2 nitrogen and oxygen atoms in total. The van der Waals surface area contributed by atoms with E-state index in [1.807, 2.05) is 45.0 Å². The summed E-state index contributed by atoms with van der Waals surface area (Å²) in [5.74, 6) is 0.437. The van der Waals surface area contributed by atoms with Crippen LogP contribution in [0.5, 0.6) is 5.75 Å². The van der Waals surface area contributed by atoms with Gasteiger partial charge in [0.1, 0.15) is 5.75 Å². The molecule has 0 spiro atoms. The molecule has 2 heteroatoms. The van der Waals surface area contributed by atoms with E-state index in [1.165, 1.54) is 16.7 Å². The van der Waals surface area contributed by atoms with Crippen molar-refractivity contribution < 1.29 is 10.2 Å². The molecule has 0 saturated carbocycles. The molecule has 0 aliphatic carbocycles. The quantitative estimate of drug-likeness (QED) is 0.534. The molecule has 25 heavy (non-hydrogen) atoms. The Kier molecular flexibility index (Phi) is 9.01. The highest BCUT2D eigenvalue weighted by atomic mass is 16.3. The molecule has 2 rings (SSSR count). The Bertz CT molecular complexity index is 695. The van der Waals surface area contributed by atoms with E-state index in [4.69, 9.17) is 5.11 Å². The van der Waals surface area contributed by atoms with Crippen LogP contribution in [0.15, 0.2) is 48.0 Å². The van der Waals surface area contributed by atoms with Crippen molar-refractivity contribution in [3.63, 3.8) is 0 Å². The lowest BCUT2D eigenvalue weighted by Crippen LogP contribution is -1.87. The standard InChI is InChI=1S/C14H20O.C9H12O/c1-11(2)6-4-5-7-13-9-8-12(3)10-14(13)15;1-7-3-4-9(6-10)8(2)5-7/h6,8-10,15H,4-5,7H2,1-3H3;3-5,10H,6H2,1-2H3. The number of aromatic hydroxyl groups is 1. The van der Waals surface area contributed by atoms with Gasteiger partial charge in [-0.15, -0.1) is 0 Å². The zero-order valence-electron chi connectivity index (χ0n) is 16.3. The first kappa shape index (κ1) is 21.0. The van der Waals surface area contributed by atoms with Gasteiger partial charge in [0, 0.05) is 0 Å². The first-order chi connectivity index (χ1) is 11.8. The van der Waals surface area contributed by atoms with Gasteiger partial charge in [-0.2, -0.15) is 0 Å². The minimum Gasteiger partial charge on any atom is -0.508 e. The molecular formula is C23H32O2. The average molecular weight is 341 g/mol. The fraction of sp³-hybridized carbons (Fsp3) is 0.391. The lowest BCUT2D eigenvalue weighted by atomic mass is 10.0. The number of phenolic OH excluding ortho intramolecular Hbond substituents is 1. The molecule has 0 fully saturated rings. The van der Waals surface area contributed by atoms with Crippen molar-refractivity contribution >= 4 is 0 Å². The third kappa shape index (κ3) is 8.04.